The van der Waals surface area contributed by atoms with Gasteiger partial charge >= 0.3 is 0 Å². The standard InChI is InChI=1S/C19H23FN2OS.ClH/c1-13(2)22(19(23)14-9-10-21-11-14)12-15-7-8-18(24-15)16-5-3-4-6-17(16)20;/h3-8,13-14,21H,9-12H2,1-2H3;1H. The van der Waals surface area contributed by atoms with Crippen molar-refractivity contribution in [2.75, 3.05) is 13.1 Å². The summed E-state index contributed by atoms with van der Waals surface area (Å²) in [4.78, 5) is 16.7. The van der Waals surface area contributed by atoms with Gasteiger partial charge in [-0.15, -0.1) is 23.7 Å². The second-order valence-electron chi connectivity index (χ2n) is 6.50. The molecule has 0 spiro atoms. The maximum absolute atomic E-state index is 13.9. The van der Waals surface area contributed by atoms with Gasteiger partial charge in [-0.2, -0.15) is 0 Å². The lowest BCUT2D eigenvalue weighted by Crippen LogP contribution is -2.40. The van der Waals surface area contributed by atoms with E-state index >= 15 is 0 Å². The average Bonchev–Trinajstić information content (AvgIpc) is 3.24. The Morgan fingerprint density at radius 2 is 2.08 bits per heavy atom. The highest BCUT2D eigenvalue weighted by molar-refractivity contribution is 7.15. The predicted octanol–water partition coefficient (Wildman–Crippen LogP) is 4.32. The summed E-state index contributed by atoms with van der Waals surface area (Å²) in [5.41, 5.74) is 0.621. The minimum atomic E-state index is -0.209. The number of carbonyl (C=O) groups excluding carboxylic acids is 1. The number of carbonyl (C=O) groups is 1. The summed E-state index contributed by atoms with van der Waals surface area (Å²) in [5.74, 6) is 0.0916. The zero-order chi connectivity index (χ0) is 17.1. The van der Waals surface area contributed by atoms with E-state index in [1.165, 1.54) is 6.07 Å². The first-order chi connectivity index (χ1) is 11.6. The highest BCUT2D eigenvalue weighted by Crippen LogP contribution is 2.31. The van der Waals surface area contributed by atoms with Crippen LogP contribution < -0.4 is 5.32 Å². The fourth-order valence-electron chi connectivity index (χ4n) is 3.05. The first-order valence-electron chi connectivity index (χ1n) is 8.41. The first-order valence-corrected chi connectivity index (χ1v) is 9.22. The van der Waals surface area contributed by atoms with Crippen LogP contribution >= 0.6 is 23.7 Å². The van der Waals surface area contributed by atoms with Crippen LogP contribution in [0, 0.1) is 11.7 Å². The van der Waals surface area contributed by atoms with E-state index in [2.05, 4.69) is 5.32 Å². The number of halogens is 2. The lowest BCUT2D eigenvalue weighted by Gasteiger charge is -2.28. The predicted molar refractivity (Wildman–Crippen MR) is 104 cm³/mol. The molecule has 2 aromatic rings. The Labute approximate surface area is 158 Å². The quantitative estimate of drug-likeness (QED) is 0.835. The molecule has 136 valence electrons. The molecule has 3 rings (SSSR count). The Kier molecular flexibility index (Phi) is 6.99. The van der Waals surface area contributed by atoms with Crippen molar-refractivity contribution in [2.24, 2.45) is 5.92 Å². The zero-order valence-electron chi connectivity index (χ0n) is 14.5. The van der Waals surface area contributed by atoms with Gasteiger partial charge in [0, 0.05) is 27.9 Å². The lowest BCUT2D eigenvalue weighted by atomic mass is 10.1. The maximum Gasteiger partial charge on any atom is 0.227 e. The molecule has 1 aliphatic rings. The second-order valence-corrected chi connectivity index (χ2v) is 7.66. The van der Waals surface area contributed by atoms with E-state index in [4.69, 9.17) is 0 Å². The summed E-state index contributed by atoms with van der Waals surface area (Å²) in [6.07, 6.45) is 0.910. The summed E-state index contributed by atoms with van der Waals surface area (Å²) in [6, 6.07) is 10.9. The van der Waals surface area contributed by atoms with E-state index < -0.39 is 0 Å². The molecule has 0 radical (unpaired) electrons. The van der Waals surface area contributed by atoms with E-state index in [1.54, 1.807) is 23.5 Å². The van der Waals surface area contributed by atoms with Gasteiger partial charge in [-0.3, -0.25) is 4.79 Å². The third kappa shape index (κ3) is 4.60. The van der Waals surface area contributed by atoms with Crippen molar-refractivity contribution in [1.29, 1.82) is 0 Å². The third-order valence-electron chi connectivity index (χ3n) is 4.44. The number of amides is 1. The number of thiophene rings is 1. The van der Waals surface area contributed by atoms with Crippen LogP contribution in [0.3, 0.4) is 0 Å². The zero-order valence-corrected chi connectivity index (χ0v) is 16.1. The van der Waals surface area contributed by atoms with E-state index in [0.29, 0.717) is 12.1 Å². The molecule has 1 aromatic heterocycles. The SMILES string of the molecule is CC(C)N(Cc1ccc(-c2ccccc2F)s1)C(=O)C1CCNC1.Cl. The Morgan fingerprint density at radius 1 is 1.32 bits per heavy atom. The van der Waals surface area contributed by atoms with Crippen molar-refractivity contribution in [2.45, 2.75) is 32.9 Å². The summed E-state index contributed by atoms with van der Waals surface area (Å²) in [7, 11) is 0. The molecule has 1 fully saturated rings. The van der Waals surface area contributed by atoms with Gasteiger partial charge < -0.3 is 10.2 Å². The van der Waals surface area contributed by atoms with Gasteiger partial charge in [0.05, 0.1) is 12.5 Å². The highest BCUT2D eigenvalue weighted by atomic mass is 35.5. The highest BCUT2D eigenvalue weighted by Gasteiger charge is 2.28. The summed E-state index contributed by atoms with van der Waals surface area (Å²) in [5, 5.41) is 3.26. The van der Waals surface area contributed by atoms with E-state index in [-0.39, 0.29) is 36.1 Å². The molecule has 1 atom stereocenters. The van der Waals surface area contributed by atoms with Crippen LogP contribution in [0.5, 0.6) is 0 Å². The lowest BCUT2D eigenvalue weighted by molar-refractivity contribution is -0.137. The fourth-order valence-corrected chi connectivity index (χ4v) is 4.09. The number of nitrogens with one attached hydrogen (secondary N) is 1. The molecule has 1 unspecified atom stereocenters. The molecule has 25 heavy (non-hydrogen) atoms. The fraction of sp³-hybridized carbons (Fsp3) is 0.421. The molecular weight excluding hydrogens is 359 g/mol. The van der Waals surface area contributed by atoms with Gasteiger partial charge in [0.2, 0.25) is 5.91 Å². The number of hydrogen-bond donors (Lipinski definition) is 1. The van der Waals surface area contributed by atoms with Gasteiger partial charge in [-0.05, 0) is 45.0 Å². The average molecular weight is 383 g/mol. The van der Waals surface area contributed by atoms with Crippen LogP contribution in [0.4, 0.5) is 4.39 Å². The van der Waals surface area contributed by atoms with Crippen LogP contribution in [0.2, 0.25) is 0 Å². The smallest absolute Gasteiger partial charge is 0.227 e. The van der Waals surface area contributed by atoms with Crippen molar-refractivity contribution in [1.82, 2.24) is 10.2 Å². The minimum absolute atomic E-state index is 0. The van der Waals surface area contributed by atoms with Gasteiger partial charge in [-0.1, -0.05) is 18.2 Å². The molecule has 0 aliphatic carbocycles. The molecule has 0 bridgehead atoms. The first kappa shape index (κ1) is 19.9. The molecule has 0 saturated carbocycles. The normalized spacial score (nSPS) is 16.7. The van der Waals surface area contributed by atoms with Crippen LogP contribution in [-0.2, 0) is 11.3 Å². The molecule has 1 aromatic carbocycles. The molecule has 1 N–H and O–H groups in total. The van der Waals surface area contributed by atoms with Crippen molar-refractivity contribution < 1.29 is 9.18 Å². The summed E-state index contributed by atoms with van der Waals surface area (Å²) < 4.78 is 13.9. The van der Waals surface area contributed by atoms with Crippen molar-refractivity contribution >= 4 is 29.7 Å². The Balaban J connectivity index is 0.00000225. The number of benzene rings is 1. The molecule has 6 heteroatoms. The maximum atomic E-state index is 13.9. The van der Waals surface area contributed by atoms with Crippen LogP contribution in [-0.4, -0.2) is 29.9 Å². The van der Waals surface area contributed by atoms with Gasteiger partial charge in [-0.25, -0.2) is 4.39 Å². The van der Waals surface area contributed by atoms with Crippen LogP contribution in [0.1, 0.15) is 25.1 Å². The topological polar surface area (TPSA) is 32.3 Å². The minimum Gasteiger partial charge on any atom is -0.335 e. The second kappa shape index (κ2) is 8.79. The van der Waals surface area contributed by atoms with Crippen molar-refractivity contribution in [3.05, 3.63) is 47.1 Å². The van der Waals surface area contributed by atoms with E-state index in [9.17, 15) is 9.18 Å². The van der Waals surface area contributed by atoms with E-state index in [0.717, 1.165) is 29.3 Å². The molecule has 1 aliphatic heterocycles. The molecule has 2 heterocycles. The molecule has 1 saturated heterocycles. The monoisotopic (exact) mass is 382 g/mol. The molecule has 3 nitrogen and oxygen atoms in total. The molecule has 1 amide bonds. The third-order valence-corrected chi connectivity index (χ3v) is 5.55. The largest absolute Gasteiger partial charge is 0.335 e. The van der Waals surface area contributed by atoms with Gasteiger partial charge in [0.1, 0.15) is 5.82 Å². The molecular formula is C19H24ClFN2OS. The summed E-state index contributed by atoms with van der Waals surface area (Å²) in [6.45, 7) is 6.37. The summed E-state index contributed by atoms with van der Waals surface area (Å²) >= 11 is 1.56. The van der Waals surface area contributed by atoms with Crippen LogP contribution in [0.25, 0.3) is 10.4 Å². The Bertz CT molecular complexity index is 713. The Hall–Kier alpha value is -1.43. The number of nitrogens with zero attached hydrogens (tertiary/aromatic N) is 1. The van der Waals surface area contributed by atoms with Gasteiger partial charge in [0.25, 0.3) is 0 Å². The number of rotatable bonds is 5. The van der Waals surface area contributed by atoms with Gasteiger partial charge in [0.15, 0.2) is 0 Å². The number of hydrogen-bond acceptors (Lipinski definition) is 3. The van der Waals surface area contributed by atoms with Crippen molar-refractivity contribution in [3.63, 3.8) is 0 Å². The van der Waals surface area contributed by atoms with Crippen LogP contribution in [0.15, 0.2) is 36.4 Å². The van der Waals surface area contributed by atoms with Crippen molar-refractivity contribution in [3.8, 4) is 10.4 Å². The Morgan fingerprint density at radius 3 is 2.72 bits per heavy atom. The van der Waals surface area contributed by atoms with E-state index in [1.807, 2.05) is 36.9 Å².